The topological polar surface area (TPSA) is 36.3 Å². The van der Waals surface area contributed by atoms with Gasteiger partial charge in [-0.05, 0) is 6.08 Å². The van der Waals surface area contributed by atoms with Gasteiger partial charge in [0.25, 0.3) is 0 Å². The fourth-order valence-corrected chi connectivity index (χ4v) is 0.732. The SMILES string of the molecule is N#CSN1CC=CO1. The van der Waals surface area contributed by atoms with Crippen LogP contribution in [0.5, 0.6) is 0 Å². The van der Waals surface area contributed by atoms with Gasteiger partial charge in [-0.2, -0.15) is 5.26 Å². The Bertz CT molecular complexity index is 131. The first-order valence-corrected chi connectivity index (χ1v) is 2.86. The van der Waals surface area contributed by atoms with Crippen LogP contribution in [-0.4, -0.2) is 11.0 Å². The maximum Gasteiger partial charge on any atom is 0.153 e. The predicted octanol–water partition coefficient (Wildman–Crippen LogP) is 0.877. The smallest absolute Gasteiger partial charge is 0.153 e. The highest BCUT2D eigenvalue weighted by molar-refractivity contribution is 8.01. The van der Waals surface area contributed by atoms with Gasteiger partial charge in [-0.1, -0.05) is 4.47 Å². The molecular formula is C4H4N2OS. The van der Waals surface area contributed by atoms with Crippen LogP contribution in [0.4, 0.5) is 0 Å². The summed E-state index contributed by atoms with van der Waals surface area (Å²) >= 11 is 0.993. The highest BCUT2D eigenvalue weighted by atomic mass is 32.2. The van der Waals surface area contributed by atoms with Gasteiger partial charge in [-0.25, -0.2) is 0 Å². The van der Waals surface area contributed by atoms with Crippen molar-refractivity contribution >= 4 is 11.9 Å². The van der Waals surface area contributed by atoms with Gasteiger partial charge in [-0.3, -0.25) is 0 Å². The van der Waals surface area contributed by atoms with E-state index in [9.17, 15) is 0 Å². The van der Waals surface area contributed by atoms with Gasteiger partial charge in [0.2, 0.25) is 0 Å². The number of hydrogen-bond acceptors (Lipinski definition) is 4. The van der Waals surface area contributed by atoms with Crippen LogP contribution in [0.3, 0.4) is 0 Å². The molecule has 3 nitrogen and oxygen atoms in total. The molecule has 0 aromatic rings. The Morgan fingerprint density at radius 2 is 2.75 bits per heavy atom. The van der Waals surface area contributed by atoms with E-state index >= 15 is 0 Å². The molecule has 0 radical (unpaired) electrons. The van der Waals surface area contributed by atoms with E-state index in [2.05, 4.69) is 0 Å². The van der Waals surface area contributed by atoms with Crippen LogP contribution in [0.25, 0.3) is 0 Å². The lowest BCUT2D eigenvalue weighted by atomic mass is 10.7. The lowest BCUT2D eigenvalue weighted by molar-refractivity contribution is 0.0301. The highest BCUT2D eigenvalue weighted by Crippen LogP contribution is 2.12. The van der Waals surface area contributed by atoms with E-state index in [1.54, 1.807) is 6.26 Å². The molecule has 0 N–H and O–H groups in total. The average Bonchev–Trinajstić information content (AvgIpc) is 2.19. The first-order valence-electron chi connectivity index (χ1n) is 2.09. The van der Waals surface area contributed by atoms with E-state index in [0.29, 0.717) is 6.54 Å². The van der Waals surface area contributed by atoms with E-state index in [4.69, 9.17) is 10.1 Å². The van der Waals surface area contributed by atoms with Crippen molar-refractivity contribution in [3.05, 3.63) is 12.3 Å². The summed E-state index contributed by atoms with van der Waals surface area (Å²) in [5.74, 6) is 0. The Morgan fingerprint density at radius 3 is 3.25 bits per heavy atom. The van der Waals surface area contributed by atoms with Gasteiger partial charge < -0.3 is 4.84 Å². The van der Waals surface area contributed by atoms with Gasteiger partial charge in [0, 0.05) is 0 Å². The number of thiocyanates is 1. The monoisotopic (exact) mass is 128 g/mol. The fraction of sp³-hybridized carbons (Fsp3) is 0.250. The molecule has 4 heteroatoms. The molecule has 0 aromatic heterocycles. The molecule has 1 rings (SSSR count). The van der Waals surface area contributed by atoms with Crippen molar-refractivity contribution in [1.29, 1.82) is 5.26 Å². The molecule has 0 atom stereocenters. The van der Waals surface area contributed by atoms with Crippen molar-refractivity contribution in [2.75, 3.05) is 6.54 Å². The normalized spacial score (nSPS) is 17.9. The first kappa shape index (κ1) is 5.48. The van der Waals surface area contributed by atoms with E-state index in [-0.39, 0.29) is 0 Å². The molecule has 0 saturated carbocycles. The fourth-order valence-electron chi connectivity index (χ4n) is 0.387. The minimum atomic E-state index is 0.693. The van der Waals surface area contributed by atoms with Gasteiger partial charge in [0.15, 0.2) is 5.40 Å². The third-order valence-electron chi connectivity index (χ3n) is 0.672. The van der Waals surface area contributed by atoms with Crippen LogP contribution in [0, 0.1) is 10.7 Å². The Hall–Kier alpha value is -0.660. The molecule has 0 fully saturated rings. The zero-order valence-electron chi connectivity index (χ0n) is 4.07. The summed E-state index contributed by atoms with van der Waals surface area (Å²) in [6.45, 7) is 0.693. The van der Waals surface area contributed by atoms with Crippen LogP contribution >= 0.6 is 11.9 Å². The minimum absolute atomic E-state index is 0.693. The molecular weight excluding hydrogens is 124 g/mol. The Labute approximate surface area is 51.6 Å². The Kier molecular flexibility index (Phi) is 1.78. The summed E-state index contributed by atoms with van der Waals surface area (Å²) in [4.78, 5) is 4.79. The number of rotatable bonds is 1. The summed E-state index contributed by atoms with van der Waals surface area (Å²) in [5.41, 5.74) is 0. The molecule has 1 aliphatic heterocycles. The first-order chi connectivity index (χ1) is 3.93. The lowest BCUT2D eigenvalue weighted by Gasteiger charge is -2.04. The van der Waals surface area contributed by atoms with Crippen LogP contribution in [-0.2, 0) is 4.84 Å². The van der Waals surface area contributed by atoms with Crippen LogP contribution < -0.4 is 0 Å². The second kappa shape index (κ2) is 2.60. The predicted molar refractivity (Wildman–Crippen MR) is 30.1 cm³/mol. The van der Waals surface area contributed by atoms with E-state index in [0.717, 1.165) is 11.9 Å². The van der Waals surface area contributed by atoms with Crippen molar-refractivity contribution in [3.8, 4) is 5.40 Å². The molecule has 1 aliphatic rings. The summed E-state index contributed by atoms with van der Waals surface area (Å²) in [6, 6.07) is 0. The van der Waals surface area contributed by atoms with Crippen molar-refractivity contribution in [1.82, 2.24) is 4.47 Å². The van der Waals surface area contributed by atoms with Crippen molar-refractivity contribution in [2.24, 2.45) is 0 Å². The summed E-state index contributed by atoms with van der Waals surface area (Å²) in [7, 11) is 0. The Balaban J connectivity index is 2.22. The van der Waals surface area contributed by atoms with Gasteiger partial charge in [-0.15, -0.1) is 0 Å². The summed E-state index contributed by atoms with van der Waals surface area (Å²) in [6.07, 6.45) is 3.40. The lowest BCUT2D eigenvalue weighted by Crippen LogP contribution is -2.05. The maximum absolute atomic E-state index is 8.09. The van der Waals surface area contributed by atoms with Crippen molar-refractivity contribution in [3.63, 3.8) is 0 Å². The molecule has 0 aromatic carbocycles. The molecule has 0 saturated heterocycles. The molecule has 42 valence electrons. The van der Waals surface area contributed by atoms with E-state index < -0.39 is 0 Å². The molecule has 0 spiro atoms. The second-order valence-corrected chi connectivity index (χ2v) is 1.95. The molecule has 8 heavy (non-hydrogen) atoms. The van der Waals surface area contributed by atoms with Gasteiger partial charge in [0.05, 0.1) is 18.5 Å². The molecule has 0 aliphatic carbocycles. The molecule has 1 heterocycles. The van der Waals surface area contributed by atoms with Crippen LogP contribution in [0.15, 0.2) is 12.3 Å². The van der Waals surface area contributed by atoms with Crippen molar-refractivity contribution in [2.45, 2.75) is 0 Å². The number of nitrogens with zero attached hydrogens (tertiary/aromatic N) is 2. The summed E-state index contributed by atoms with van der Waals surface area (Å²) in [5, 5.41) is 9.98. The van der Waals surface area contributed by atoms with E-state index in [1.807, 2.05) is 11.5 Å². The molecule has 0 bridgehead atoms. The number of nitriles is 1. The zero-order valence-corrected chi connectivity index (χ0v) is 4.89. The maximum atomic E-state index is 8.09. The highest BCUT2D eigenvalue weighted by Gasteiger charge is 2.05. The number of hydroxylamine groups is 1. The van der Waals surface area contributed by atoms with Crippen LogP contribution in [0.2, 0.25) is 0 Å². The molecule has 0 unspecified atom stereocenters. The third-order valence-corrected chi connectivity index (χ3v) is 1.19. The van der Waals surface area contributed by atoms with Gasteiger partial charge in [0.1, 0.15) is 6.26 Å². The third kappa shape index (κ3) is 1.15. The minimum Gasteiger partial charge on any atom is -0.402 e. The quantitative estimate of drug-likeness (QED) is 0.388. The standard InChI is InChI=1S/C4H4N2OS/c5-4-8-6-2-1-3-7-6/h1,3H,2H2. The largest absolute Gasteiger partial charge is 0.402 e. The number of hydrogen-bond donors (Lipinski definition) is 0. The van der Waals surface area contributed by atoms with Gasteiger partial charge >= 0.3 is 0 Å². The molecule has 0 amide bonds. The summed E-state index contributed by atoms with van der Waals surface area (Å²) < 4.78 is 1.49. The second-order valence-electron chi connectivity index (χ2n) is 1.18. The zero-order chi connectivity index (χ0) is 5.82. The van der Waals surface area contributed by atoms with Crippen molar-refractivity contribution < 1.29 is 4.84 Å². The average molecular weight is 128 g/mol. The van der Waals surface area contributed by atoms with E-state index in [1.165, 1.54) is 4.47 Å². The van der Waals surface area contributed by atoms with Crippen LogP contribution in [0.1, 0.15) is 0 Å². The Morgan fingerprint density at radius 1 is 1.88 bits per heavy atom.